The number of nitrogens with zero attached hydrogens (tertiary/aromatic N) is 2. The third-order valence-corrected chi connectivity index (χ3v) is 6.92. The van der Waals surface area contributed by atoms with Crippen LogP contribution in [-0.2, 0) is 9.53 Å². The second-order valence-corrected chi connectivity index (χ2v) is 9.42. The van der Waals surface area contributed by atoms with E-state index in [-0.39, 0.29) is 28.2 Å². The summed E-state index contributed by atoms with van der Waals surface area (Å²) in [5.41, 5.74) is 1.13. The standard InChI is InChI=1S/C26H23ClF2N2O6S/c1-5-36-24(33)21-13(2)30-26-31(22(21)16-12-15(27)7-9-17(16)34-3)23(32)20(38-26)11-14-6-8-18(37-25(28)29)19(10-14)35-4/h6-12,22,25H,5H2,1-4H3/b20-11-/t22-/m0/s1. The molecule has 200 valence electrons. The number of methoxy groups -OCH3 is 2. The van der Waals surface area contributed by atoms with Gasteiger partial charge >= 0.3 is 12.6 Å². The molecule has 1 aliphatic heterocycles. The third-order valence-electron chi connectivity index (χ3n) is 5.70. The molecule has 0 spiro atoms. The minimum Gasteiger partial charge on any atom is -0.496 e. The van der Waals surface area contributed by atoms with Gasteiger partial charge in [0.15, 0.2) is 16.3 Å². The molecule has 0 saturated carbocycles. The number of halogens is 3. The number of esters is 1. The van der Waals surface area contributed by atoms with Gasteiger partial charge in [0, 0.05) is 10.6 Å². The second-order valence-electron chi connectivity index (χ2n) is 7.98. The highest BCUT2D eigenvalue weighted by atomic mass is 35.5. The summed E-state index contributed by atoms with van der Waals surface area (Å²) in [5, 5.41) is 0.388. The van der Waals surface area contributed by atoms with E-state index >= 15 is 0 Å². The first kappa shape index (κ1) is 27.3. The smallest absolute Gasteiger partial charge is 0.387 e. The summed E-state index contributed by atoms with van der Waals surface area (Å²) in [4.78, 5) is 31.7. The van der Waals surface area contributed by atoms with Crippen molar-refractivity contribution in [1.29, 1.82) is 0 Å². The Morgan fingerprint density at radius 1 is 1.16 bits per heavy atom. The Hall–Kier alpha value is -3.70. The summed E-state index contributed by atoms with van der Waals surface area (Å²) in [6.45, 7) is 0.467. The van der Waals surface area contributed by atoms with Crippen LogP contribution in [0.25, 0.3) is 6.08 Å². The monoisotopic (exact) mass is 564 g/mol. The minimum atomic E-state index is -3.02. The molecule has 4 rings (SSSR count). The van der Waals surface area contributed by atoms with Gasteiger partial charge in [0.1, 0.15) is 11.8 Å². The zero-order valence-electron chi connectivity index (χ0n) is 20.8. The van der Waals surface area contributed by atoms with E-state index in [0.29, 0.717) is 32.4 Å². The number of hydrogen-bond acceptors (Lipinski definition) is 8. The van der Waals surface area contributed by atoms with Crippen molar-refractivity contribution in [2.75, 3.05) is 20.8 Å². The molecule has 0 bridgehead atoms. The summed E-state index contributed by atoms with van der Waals surface area (Å²) < 4.78 is 47.6. The summed E-state index contributed by atoms with van der Waals surface area (Å²) in [7, 11) is 2.80. The number of aromatic nitrogens is 1. The lowest BCUT2D eigenvalue weighted by atomic mass is 9.95. The first-order chi connectivity index (χ1) is 18.2. The van der Waals surface area contributed by atoms with Crippen LogP contribution >= 0.6 is 22.9 Å². The van der Waals surface area contributed by atoms with Crippen LogP contribution in [0.4, 0.5) is 8.78 Å². The quantitative estimate of drug-likeness (QED) is 0.383. The average Bonchev–Trinajstić information content (AvgIpc) is 3.17. The first-order valence-electron chi connectivity index (χ1n) is 11.3. The van der Waals surface area contributed by atoms with Crippen LogP contribution in [0.2, 0.25) is 5.02 Å². The number of alkyl halides is 2. The number of carbonyl (C=O) groups excluding carboxylic acids is 1. The van der Waals surface area contributed by atoms with Gasteiger partial charge in [-0.1, -0.05) is 29.0 Å². The molecule has 12 heteroatoms. The van der Waals surface area contributed by atoms with Crippen molar-refractivity contribution >= 4 is 35.0 Å². The molecule has 3 aromatic rings. The molecular weight excluding hydrogens is 542 g/mol. The molecule has 1 atom stereocenters. The van der Waals surface area contributed by atoms with E-state index in [4.69, 9.17) is 25.8 Å². The third kappa shape index (κ3) is 5.30. The highest BCUT2D eigenvalue weighted by molar-refractivity contribution is 7.07. The van der Waals surface area contributed by atoms with Crippen LogP contribution in [0.1, 0.15) is 31.0 Å². The first-order valence-corrected chi connectivity index (χ1v) is 12.5. The van der Waals surface area contributed by atoms with Crippen molar-refractivity contribution < 1.29 is 32.5 Å². The van der Waals surface area contributed by atoms with E-state index < -0.39 is 24.2 Å². The normalized spacial score (nSPS) is 15.3. The predicted molar refractivity (Wildman–Crippen MR) is 138 cm³/mol. The van der Waals surface area contributed by atoms with E-state index in [1.807, 2.05) is 0 Å². The highest BCUT2D eigenvalue weighted by Crippen LogP contribution is 2.37. The minimum absolute atomic E-state index is 0.0776. The molecule has 0 fully saturated rings. The molecule has 0 N–H and O–H groups in total. The topological polar surface area (TPSA) is 88.4 Å². The molecule has 2 heterocycles. The second kappa shape index (κ2) is 11.4. The van der Waals surface area contributed by atoms with Crippen LogP contribution in [0.5, 0.6) is 17.2 Å². The van der Waals surface area contributed by atoms with Crippen molar-refractivity contribution in [3.63, 3.8) is 0 Å². The zero-order chi connectivity index (χ0) is 27.6. The zero-order valence-corrected chi connectivity index (χ0v) is 22.4. The van der Waals surface area contributed by atoms with Gasteiger partial charge in [-0.2, -0.15) is 8.78 Å². The van der Waals surface area contributed by atoms with Crippen LogP contribution in [0.15, 0.2) is 57.5 Å². The Kier molecular flexibility index (Phi) is 8.17. The van der Waals surface area contributed by atoms with Crippen molar-refractivity contribution in [2.24, 2.45) is 4.99 Å². The van der Waals surface area contributed by atoms with Crippen LogP contribution in [0, 0.1) is 0 Å². The maximum absolute atomic E-state index is 13.8. The number of rotatable bonds is 8. The Morgan fingerprint density at radius 2 is 1.87 bits per heavy atom. The van der Waals surface area contributed by atoms with E-state index in [1.165, 1.54) is 37.0 Å². The molecule has 0 aliphatic carbocycles. The van der Waals surface area contributed by atoms with Crippen LogP contribution in [-0.4, -0.2) is 38.0 Å². The fourth-order valence-corrected chi connectivity index (χ4v) is 5.35. The molecule has 0 amide bonds. The number of ether oxygens (including phenoxy) is 4. The Balaban J connectivity index is 1.94. The summed E-state index contributed by atoms with van der Waals surface area (Å²) in [5.74, 6) is -0.253. The lowest BCUT2D eigenvalue weighted by molar-refractivity contribution is -0.139. The van der Waals surface area contributed by atoms with Crippen molar-refractivity contribution in [2.45, 2.75) is 26.5 Å². The van der Waals surface area contributed by atoms with Crippen molar-refractivity contribution in [3.8, 4) is 17.2 Å². The van der Waals surface area contributed by atoms with Gasteiger partial charge in [-0.15, -0.1) is 0 Å². The molecule has 1 aliphatic rings. The maximum Gasteiger partial charge on any atom is 0.387 e. The van der Waals surface area contributed by atoms with Gasteiger partial charge in [-0.05, 0) is 55.8 Å². The number of fused-ring (bicyclic) bond motifs is 1. The van der Waals surface area contributed by atoms with Gasteiger partial charge in [-0.3, -0.25) is 9.36 Å². The van der Waals surface area contributed by atoms with Gasteiger partial charge in [0.25, 0.3) is 5.56 Å². The van der Waals surface area contributed by atoms with Crippen LogP contribution in [0.3, 0.4) is 0 Å². The SMILES string of the molecule is CCOC(=O)C1=C(C)N=c2s/c(=C\c3ccc(OC(F)F)c(OC)c3)c(=O)n2[C@H]1c1cc(Cl)ccc1OC. The molecule has 1 aromatic heterocycles. The molecule has 2 aromatic carbocycles. The Morgan fingerprint density at radius 3 is 2.53 bits per heavy atom. The fraction of sp³-hybridized carbons (Fsp3) is 0.269. The average molecular weight is 565 g/mol. The van der Waals surface area contributed by atoms with E-state index in [1.54, 1.807) is 38.1 Å². The number of hydrogen-bond donors (Lipinski definition) is 0. The fourth-order valence-electron chi connectivity index (χ4n) is 4.12. The highest BCUT2D eigenvalue weighted by Gasteiger charge is 2.35. The largest absolute Gasteiger partial charge is 0.496 e. The van der Waals surface area contributed by atoms with Gasteiger partial charge in [0.05, 0.1) is 36.6 Å². The Labute approximate surface area is 225 Å². The van der Waals surface area contributed by atoms with Crippen molar-refractivity contribution in [3.05, 3.63) is 83.5 Å². The summed E-state index contributed by atoms with van der Waals surface area (Å²) in [6.07, 6.45) is 1.58. The molecular formula is C26H23ClF2N2O6S. The van der Waals surface area contributed by atoms with Crippen LogP contribution < -0.4 is 29.1 Å². The van der Waals surface area contributed by atoms with Gasteiger partial charge < -0.3 is 18.9 Å². The molecule has 0 unspecified atom stereocenters. The maximum atomic E-state index is 13.8. The summed E-state index contributed by atoms with van der Waals surface area (Å²) >= 11 is 7.41. The molecule has 0 radical (unpaired) electrons. The lowest BCUT2D eigenvalue weighted by Gasteiger charge is -2.26. The van der Waals surface area contributed by atoms with Crippen molar-refractivity contribution in [1.82, 2.24) is 4.57 Å². The number of allylic oxidation sites excluding steroid dienone is 1. The lowest BCUT2D eigenvalue weighted by Crippen LogP contribution is -2.40. The predicted octanol–water partition coefficient (Wildman–Crippen LogP) is 4.07. The number of thiazole rings is 1. The van der Waals surface area contributed by atoms with Gasteiger partial charge in [-0.25, -0.2) is 9.79 Å². The summed E-state index contributed by atoms with van der Waals surface area (Å²) in [6, 6.07) is 8.33. The molecule has 38 heavy (non-hydrogen) atoms. The molecule has 0 saturated heterocycles. The van der Waals surface area contributed by atoms with E-state index in [9.17, 15) is 18.4 Å². The molecule has 8 nitrogen and oxygen atoms in total. The number of benzene rings is 2. The Bertz CT molecular complexity index is 1600. The van der Waals surface area contributed by atoms with E-state index in [0.717, 1.165) is 11.3 Å². The van der Waals surface area contributed by atoms with E-state index in [2.05, 4.69) is 9.73 Å². The number of carbonyl (C=O) groups is 1. The van der Waals surface area contributed by atoms with Gasteiger partial charge in [0.2, 0.25) is 0 Å².